The van der Waals surface area contributed by atoms with E-state index in [4.69, 9.17) is 0 Å². The van der Waals surface area contributed by atoms with E-state index in [2.05, 4.69) is 11.3 Å². The van der Waals surface area contributed by atoms with Gasteiger partial charge < -0.3 is 4.74 Å². The summed E-state index contributed by atoms with van der Waals surface area (Å²) in [5.41, 5.74) is -0.402. The zero-order valence-corrected chi connectivity index (χ0v) is 14.0. The summed E-state index contributed by atoms with van der Waals surface area (Å²) in [7, 11) is 0. The van der Waals surface area contributed by atoms with Gasteiger partial charge in [0, 0.05) is 11.5 Å². The molecule has 2 amide bonds. The van der Waals surface area contributed by atoms with E-state index in [0.29, 0.717) is 0 Å². The summed E-state index contributed by atoms with van der Waals surface area (Å²) in [6.45, 7) is 4.10. The number of nitrogens with zero attached hydrogens (tertiary/aromatic N) is 1. The van der Waals surface area contributed by atoms with Crippen molar-refractivity contribution < 1.29 is 49.9 Å². The predicted octanol–water partition coefficient (Wildman–Crippen LogP) is 3.65. The smallest absolute Gasteiger partial charge is 0.418 e. The number of amides is 2. The molecule has 0 aromatic heterocycles. The molecule has 154 valence electrons. The first kappa shape index (κ1) is 22.9. The Kier molecular flexibility index (Phi) is 7.00. The molecule has 0 aromatic rings. The lowest BCUT2D eigenvalue weighted by molar-refractivity contribution is -0.247. The second kappa shape index (κ2) is 8.26. The van der Waals surface area contributed by atoms with Gasteiger partial charge in [0.2, 0.25) is 5.91 Å². The van der Waals surface area contributed by atoms with E-state index in [1.165, 1.54) is 0 Å². The van der Waals surface area contributed by atoms with Gasteiger partial charge in [-0.05, 0) is 32.6 Å². The minimum absolute atomic E-state index is 0.402. The van der Waals surface area contributed by atoms with Crippen molar-refractivity contribution in [2.45, 2.75) is 51.4 Å². The van der Waals surface area contributed by atoms with Crippen molar-refractivity contribution in [1.82, 2.24) is 4.90 Å². The molecule has 1 rings (SSSR count). The number of hydrogen-bond acceptors (Lipinski definition) is 4. The standard InChI is InChI=1S/C15H16F7NO4/c1-7(2)13(26)27-10(16)12(25)23(15(20,21)22)11(24)8-3-5-9(6-4-8)14(17,18)19/h8-10H,1,3-6H2,2H3. The van der Waals surface area contributed by atoms with Crippen molar-refractivity contribution >= 4 is 17.8 Å². The van der Waals surface area contributed by atoms with Gasteiger partial charge in [-0.3, -0.25) is 9.59 Å². The van der Waals surface area contributed by atoms with Crippen molar-refractivity contribution in [2.75, 3.05) is 0 Å². The molecule has 1 atom stereocenters. The van der Waals surface area contributed by atoms with E-state index >= 15 is 0 Å². The fourth-order valence-electron chi connectivity index (χ4n) is 2.56. The van der Waals surface area contributed by atoms with Crippen LogP contribution in [0.5, 0.6) is 0 Å². The number of hydrogen-bond donors (Lipinski definition) is 0. The molecule has 1 saturated carbocycles. The molecular formula is C15H16F7NO4. The van der Waals surface area contributed by atoms with Crippen molar-refractivity contribution in [1.29, 1.82) is 0 Å². The van der Waals surface area contributed by atoms with Crippen LogP contribution >= 0.6 is 0 Å². The summed E-state index contributed by atoms with van der Waals surface area (Å²) in [5, 5.41) is 0. The molecule has 0 aromatic carbocycles. The Balaban J connectivity index is 2.92. The summed E-state index contributed by atoms with van der Waals surface area (Å²) in [4.78, 5) is 33.5. The Morgan fingerprint density at radius 3 is 1.89 bits per heavy atom. The maximum atomic E-state index is 13.7. The predicted molar refractivity (Wildman–Crippen MR) is 75.2 cm³/mol. The summed E-state index contributed by atoms with van der Waals surface area (Å²) in [6.07, 6.45) is -15.9. The van der Waals surface area contributed by atoms with Crippen LogP contribution in [0.2, 0.25) is 0 Å². The molecule has 0 saturated heterocycles. The summed E-state index contributed by atoms with van der Waals surface area (Å²) in [6, 6.07) is 0. The van der Waals surface area contributed by atoms with Gasteiger partial charge in [0.1, 0.15) is 0 Å². The second-order valence-corrected chi connectivity index (χ2v) is 6.07. The normalized spacial score (nSPS) is 21.9. The Morgan fingerprint density at radius 2 is 1.52 bits per heavy atom. The Labute approximate surface area is 149 Å². The molecule has 0 heterocycles. The third kappa shape index (κ3) is 5.93. The maximum Gasteiger partial charge on any atom is 0.494 e. The van der Waals surface area contributed by atoms with Crippen LogP contribution in [0.1, 0.15) is 32.6 Å². The molecule has 5 nitrogen and oxygen atoms in total. The molecule has 1 unspecified atom stereocenters. The van der Waals surface area contributed by atoms with Crippen LogP contribution in [0.3, 0.4) is 0 Å². The lowest BCUT2D eigenvalue weighted by Gasteiger charge is -2.32. The van der Waals surface area contributed by atoms with Crippen LogP contribution in [0.4, 0.5) is 30.7 Å². The number of rotatable bonds is 4. The molecule has 0 aliphatic heterocycles. The summed E-state index contributed by atoms with van der Waals surface area (Å²) in [5.74, 6) is -9.17. The van der Waals surface area contributed by atoms with E-state index in [1.807, 2.05) is 0 Å². The van der Waals surface area contributed by atoms with Gasteiger partial charge in [-0.2, -0.15) is 22.5 Å². The number of ether oxygens (including phenoxy) is 1. The van der Waals surface area contributed by atoms with E-state index in [9.17, 15) is 45.1 Å². The number of esters is 1. The third-order valence-electron chi connectivity index (χ3n) is 3.99. The highest BCUT2D eigenvalue weighted by molar-refractivity contribution is 5.99. The highest BCUT2D eigenvalue weighted by Gasteiger charge is 2.52. The van der Waals surface area contributed by atoms with Gasteiger partial charge >= 0.3 is 30.7 Å². The van der Waals surface area contributed by atoms with Crippen molar-refractivity contribution in [2.24, 2.45) is 11.8 Å². The average Bonchev–Trinajstić information content (AvgIpc) is 2.52. The molecule has 1 aliphatic carbocycles. The van der Waals surface area contributed by atoms with Crippen LogP contribution < -0.4 is 0 Å². The van der Waals surface area contributed by atoms with Gasteiger partial charge in [0.15, 0.2) is 0 Å². The van der Waals surface area contributed by atoms with Gasteiger partial charge in [-0.15, -0.1) is 13.2 Å². The summed E-state index contributed by atoms with van der Waals surface area (Å²) < 4.78 is 94.6. The number of carbonyl (C=O) groups excluding carboxylic acids is 3. The average molecular weight is 407 g/mol. The van der Waals surface area contributed by atoms with E-state index in [-0.39, 0.29) is 0 Å². The van der Waals surface area contributed by atoms with Crippen LogP contribution in [0, 0.1) is 11.8 Å². The highest BCUT2D eigenvalue weighted by atomic mass is 19.4. The van der Waals surface area contributed by atoms with Crippen molar-refractivity contribution in [3.63, 3.8) is 0 Å². The van der Waals surface area contributed by atoms with Gasteiger partial charge in [-0.25, -0.2) is 4.79 Å². The minimum Gasteiger partial charge on any atom is -0.418 e. The largest absolute Gasteiger partial charge is 0.494 e. The number of halogens is 7. The maximum absolute atomic E-state index is 13.7. The zero-order chi connectivity index (χ0) is 21.2. The second-order valence-electron chi connectivity index (χ2n) is 6.07. The fourth-order valence-corrected chi connectivity index (χ4v) is 2.56. The molecule has 0 N–H and O–H groups in total. The highest BCUT2D eigenvalue weighted by Crippen LogP contribution is 2.40. The van der Waals surface area contributed by atoms with Crippen LogP contribution in [0.25, 0.3) is 0 Å². The van der Waals surface area contributed by atoms with Crippen molar-refractivity contribution in [3.05, 3.63) is 12.2 Å². The molecule has 0 radical (unpaired) electrons. The summed E-state index contributed by atoms with van der Waals surface area (Å²) >= 11 is 0. The molecule has 1 fully saturated rings. The lowest BCUT2D eigenvalue weighted by atomic mass is 9.81. The third-order valence-corrected chi connectivity index (χ3v) is 3.99. The Bertz CT molecular complexity index is 606. The van der Waals surface area contributed by atoms with Crippen LogP contribution in [0.15, 0.2) is 12.2 Å². The van der Waals surface area contributed by atoms with Gasteiger partial charge in [-0.1, -0.05) is 6.58 Å². The number of imide groups is 1. The molecule has 27 heavy (non-hydrogen) atoms. The SMILES string of the molecule is C=C(C)C(=O)OC(F)C(=O)N(C(=O)C1CCC(C(F)(F)F)CC1)C(F)(F)F. The Hall–Kier alpha value is -2.14. The first-order chi connectivity index (χ1) is 12.2. The lowest BCUT2D eigenvalue weighted by Crippen LogP contribution is -2.53. The molecular weight excluding hydrogens is 391 g/mol. The van der Waals surface area contributed by atoms with E-state index in [1.54, 1.807) is 0 Å². The first-order valence-electron chi connectivity index (χ1n) is 7.68. The topological polar surface area (TPSA) is 63.7 Å². The molecule has 0 bridgehead atoms. The zero-order valence-electron chi connectivity index (χ0n) is 14.0. The van der Waals surface area contributed by atoms with E-state index < -0.39 is 84.6 Å². The molecule has 0 spiro atoms. The van der Waals surface area contributed by atoms with Crippen LogP contribution in [-0.4, -0.2) is 41.5 Å². The van der Waals surface area contributed by atoms with Crippen LogP contribution in [-0.2, 0) is 19.1 Å². The fraction of sp³-hybridized carbons (Fsp3) is 0.667. The van der Waals surface area contributed by atoms with Gasteiger partial charge in [0.05, 0.1) is 5.92 Å². The minimum atomic E-state index is -5.64. The quantitative estimate of drug-likeness (QED) is 0.309. The molecule has 12 heteroatoms. The van der Waals surface area contributed by atoms with Crippen molar-refractivity contribution in [3.8, 4) is 0 Å². The monoisotopic (exact) mass is 407 g/mol. The molecule has 1 aliphatic rings. The Morgan fingerprint density at radius 1 is 1.04 bits per heavy atom. The first-order valence-corrected chi connectivity index (χ1v) is 7.68. The number of carbonyl (C=O) groups is 3. The van der Waals surface area contributed by atoms with Gasteiger partial charge in [0.25, 0.3) is 0 Å². The number of alkyl halides is 7. The van der Waals surface area contributed by atoms with E-state index in [0.717, 1.165) is 6.92 Å².